The van der Waals surface area contributed by atoms with Gasteiger partial charge in [0.2, 0.25) is 0 Å². The maximum Gasteiger partial charge on any atom is 0.416 e. The summed E-state index contributed by atoms with van der Waals surface area (Å²) in [5.74, 6) is 0.470. The number of rotatable bonds is 5. The molecule has 4 rings (SSSR count). The van der Waals surface area contributed by atoms with Crippen molar-refractivity contribution >= 4 is 11.9 Å². The molecule has 0 bridgehead atoms. The van der Waals surface area contributed by atoms with Gasteiger partial charge in [0.1, 0.15) is 17.5 Å². The summed E-state index contributed by atoms with van der Waals surface area (Å²) in [6.45, 7) is 2.34. The Hall–Kier alpha value is -1.74. The molecule has 2 aliphatic heterocycles. The average molecular weight is 425 g/mol. The molecule has 8 heteroatoms. The van der Waals surface area contributed by atoms with E-state index in [2.05, 4.69) is 4.31 Å². The summed E-state index contributed by atoms with van der Waals surface area (Å²) < 4.78 is 51.1. The Morgan fingerprint density at radius 2 is 1.62 bits per heavy atom. The predicted molar refractivity (Wildman–Crippen MR) is 104 cm³/mol. The van der Waals surface area contributed by atoms with Crippen LogP contribution in [-0.4, -0.2) is 41.8 Å². The molecule has 0 spiro atoms. The van der Waals surface area contributed by atoms with E-state index in [1.165, 1.54) is 12.1 Å². The second kappa shape index (κ2) is 8.18. The quantitative estimate of drug-likeness (QED) is 0.716. The van der Waals surface area contributed by atoms with Gasteiger partial charge in [-0.15, -0.1) is 0 Å². The molecular formula is C21H22F3NO3S. The van der Waals surface area contributed by atoms with Gasteiger partial charge in [-0.3, -0.25) is 0 Å². The minimum atomic E-state index is -4.33. The van der Waals surface area contributed by atoms with Crippen LogP contribution in [0, 0.1) is 0 Å². The highest BCUT2D eigenvalue weighted by Crippen LogP contribution is 2.33. The second-order valence-corrected chi connectivity index (χ2v) is 8.58. The van der Waals surface area contributed by atoms with E-state index in [-0.39, 0.29) is 6.10 Å². The summed E-state index contributed by atoms with van der Waals surface area (Å²) in [5.41, 5.74) is -0.646. The highest BCUT2D eigenvalue weighted by molar-refractivity contribution is 7.97. The van der Waals surface area contributed by atoms with Crippen molar-refractivity contribution in [1.82, 2.24) is 4.31 Å². The Balaban J connectivity index is 1.25. The van der Waals surface area contributed by atoms with Crippen LogP contribution in [-0.2, 0) is 16.5 Å². The van der Waals surface area contributed by atoms with E-state index in [4.69, 9.17) is 9.47 Å². The van der Waals surface area contributed by atoms with Gasteiger partial charge in [0.05, 0.1) is 18.8 Å². The average Bonchev–Trinajstić information content (AvgIpc) is 2.68. The normalized spacial score (nSPS) is 20.3. The van der Waals surface area contributed by atoms with Crippen molar-refractivity contribution in [3.8, 4) is 5.75 Å². The Bertz CT molecular complexity index is 815. The highest BCUT2D eigenvalue weighted by Gasteiger charge is 2.37. The molecule has 2 saturated heterocycles. The molecule has 0 radical (unpaired) electrons. The lowest BCUT2D eigenvalue weighted by Gasteiger charge is -2.36. The van der Waals surface area contributed by atoms with Crippen LogP contribution in [0.1, 0.15) is 24.0 Å². The van der Waals surface area contributed by atoms with E-state index in [1.807, 2.05) is 24.3 Å². The Morgan fingerprint density at radius 3 is 2.14 bits per heavy atom. The van der Waals surface area contributed by atoms with Crippen molar-refractivity contribution in [2.45, 2.75) is 35.6 Å². The SMILES string of the molecule is OC1(c2ccc(SN3CCC(Oc4ccc(C(F)(F)F)cc4)CC3)cc2)COC1. The molecule has 0 unspecified atom stereocenters. The molecule has 0 amide bonds. The molecule has 0 aliphatic carbocycles. The van der Waals surface area contributed by atoms with E-state index in [9.17, 15) is 18.3 Å². The monoisotopic (exact) mass is 425 g/mol. The molecule has 2 aromatic rings. The smallest absolute Gasteiger partial charge is 0.416 e. The van der Waals surface area contributed by atoms with Crippen molar-refractivity contribution < 1.29 is 27.8 Å². The van der Waals surface area contributed by atoms with E-state index in [0.717, 1.165) is 48.5 Å². The van der Waals surface area contributed by atoms with Gasteiger partial charge in [-0.1, -0.05) is 12.1 Å². The predicted octanol–water partition coefficient (Wildman–Crippen LogP) is 4.47. The van der Waals surface area contributed by atoms with Crippen LogP contribution in [0.2, 0.25) is 0 Å². The summed E-state index contributed by atoms with van der Waals surface area (Å²) >= 11 is 1.66. The fourth-order valence-electron chi connectivity index (χ4n) is 3.39. The minimum absolute atomic E-state index is 0.00109. The van der Waals surface area contributed by atoms with Crippen molar-refractivity contribution in [2.24, 2.45) is 0 Å². The van der Waals surface area contributed by atoms with Crippen LogP contribution in [0.4, 0.5) is 13.2 Å². The van der Waals surface area contributed by atoms with E-state index < -0.39 is 17.3 Å². The number of aliphatic hydroxyl groups is 1. The molecule has 1 N–H and O–H groups in total. The van der Waals surface area contributed by atoms with Crippen LogP contribution in [0.5, 0.6) is 5.75 Å². The molecule has 2 fully saturated rings. The lowest BCUT2D eigenvalue weighted by atomic mass is 9.92. The topological polar surface area (TPSA) is 41.9 Å². The van der Waals surface area contributed by atoms with Gasteiger partial charge in [-0.2, -0.15) is 13.2 Å². The van der Waals surface area contributed by atoms with Gasteiger partial charge in [-0.05, 0) is 66.8 Å². The zero-order chi connectivity index (χ0) is 20.5. The molecule has 156 valence electrons. The van der Waals surface area contributed by atoms with E-state index in [0.29, 0.717) is 19.0 Å². The third-order valence-corrected chi connectivity index (χ3v) is 6.30. The van der Waals surface area contributed by atoms with Gasteiger partial charge in [0, 0.05) is 18.0 Å². The minimum Gasteiger partial charge on any atom is -0.490 e. The number of hydrogen-bond acceptors (Lipinski definition) is 5. The van der Waals surface area contributed by atoms with E-state index in [1.54, 1.807) is 11.9 Å². The van der Waals surface area contributed by atoms with E-state index >= 15 is 0 Å². The van der Waals surface area contributed by atoms with Crippen molar-refractivity contribution in [2.75, 3.05) is 26.3 Å². The van der Waals surface area contributed by atoms with Crippen molar-refractivity contribution in [3.05, 3.63) is 59.7 Å². The van der Waals surface area contributed by atoms with Crippen LogP contribution in [0.3, 0.4) is 0 Å². The molecule has 2 aromatic carbocycles. The number of alkyl halides is 3. The van der Waals surface area contributed by atoms with Gasteiger partial charge in [-0.25, -0.2) is 4.31 Å². The maximum atomic E-state index is 12.6. The first-order valence-electron chi connectivity index (χ1n) is 9.49. The summed E-state index contributed by atoms with van der Waals surface area (Å²) in [6.07, 6.45) is -2.71. The molecule has 4 nitrogen and oxygen atoms in total. The van der Waals surface area contributed by atoms with Crippen LogP contribution in [0.15, 0.2) is 53.4 Å². The molecule has 2 aliphatic rings. The fraction of sp³-hybridized carbons (Fsp3) is 0.429. The fourth-order valence-corrected chi connectivity index (χ4v) is 4.34. The van der Waals surface area contributed by atoms with Gasteiger partial charge >= 0.3 is 6.18 Å². The summed E-state index contributed by atoms with van der Waals surface area (Å²) in [7, 11) is 0. The molecule has 29 heavy (non-hydrogen) atoms. The largest absolute Gasteiger partial charge is 0.490 e. The number of piperidine rings is 1. The van der Waals surface area contributed by atoms with Crippen LogP contribution < -0.4 is 4.74 Å². The Kier molecular flexibility index (Phi) is 5.79. The number of benzene rings is 2. The van der Waals surface area contributed by atoms with Crippen molar-refractivity contribution in [3.63, 3.8) is 0 Å². The second-order valence-electron chi connectivity index (χ2n) is 7.41. The number of nitrogens with zero attached hydrogens (tertiary/aromatic N) is 1. The number of halogens is 3. The standard InChI is InChI=1S/C21H22F3NO3S/c22-21(23,24)16-1-5-17(6-2-16)28-18-9-11-25(12-10-18)29-19-7-3-15(4-8-19)20(26)13-27-14-20/h1-8,18,26H,9-14H2. The third kappa shape index (κ3) is 4.88. The molecule has 0 atom stereocenters. The van der Waals surface area contributed by atoms with Gasteiger partial charge in [0.25, 0.3) is 0 Å². The number of ether oxygens (including phenoxy) is 2. The molecule has 0 saturated carbocycles. The zero-order valence-electron chi connectivity index (χ0n) is 15.7. The molecular weight excluding hydrogens is 403 g/mol. The Morgan fingerprint density at radius 1 is 1.00 bits per heavy atom. The zero-order valence-corrected chi connectivity index (χ0v) is 16.5. The Labute approximate surface area is 171 Å². The highest BCUT2D eigenvalue weighted by atomic mass is 32.2. The maximum absolute atomic E-state index is 12.6. The van der Waals surface area contributed by atoms with Crippen LogP contribution >= 0.6 is 11.9 Å². The lowest BCUT2D eigenvalue weighted by molar-refractivity contribution is -0.184. The summed E-state index contributed by atoms with van der Waals surface area (Å²) in [5, 5.41) is 10.3. The van der Waals surface area contributed by atoms with Gasteiger partial charge in [0.15, 0.2) is 0 Å². The number of hydrogen-bond donors (Lipinski definition) is 1. The lowest BCUT2D eigenvalue weighted by Crippen LogP contribution is -2.46. The first kappa shape index (κ1) is 20.5. The third-order valence-electron chi connectivity index (χ3n) is 5.19. The molecule has 0 aromatic heterocycles. The molecule has 2 heterocycles. The van der Waals surface area contributed by atoms with Crippen molar-refractivity contribution in [1.29, 1.82) is 0 Å². The van der Waals surface area contributed by atoms with Crippen LogP contribution in [0.25, 0.3) is 0 Å². The summed E-state index contributed by atoms with van der Waals surface area (Å²) in [4.78, 5) is 1.10. The first-order chi connectivity index (χ1) is 13.8. The van der Waals surface area contributed by atoms with Gasteiger partial charge < -0.3 is 14.6 Å². The first-order valence-corrected chi connectivity index (χ1v) is 10.3. The summed E-state index contributed by atoms with van der Waals surface area (Å²) in [6, 6.07) is 12.7.